The summed E-state index contributed by atoms with van der Waals surface area (Å²) in [6.45, 7) is 9.98. The minimum atomic E-state index is -0.599. The number of nitrogens with one attached hydrogen (secondary N) is 1. The van der Waals surface area contributed by atoms with Crippen molar-refractivity contribution in [2.45, 2.75) is 59.7 Å². The fraction of sp³-hybridized carbons (Fsp3) is 0.417. The van der Waals surface area contributed by atoms with Gasteiger partial charge in [0, 0.05) is 12.6 Å². The number of carbonyl (C=O) groups excluding carboxylic acids is 2. The monoisotopic (exact) mass is 396 g/mol. The molecule has 5 heteroatoms. The first kappa shape index (κ1) is 22.5. The number of benzene rings is 2. The molecule has 2 amide bonds. The van der Waals surface area contributed by atoms with E-state index < -0.39 is 6.04 Å². The van der Waals surface area contributed by atoms with Gasteiger partial charge in [-0.1, -0.05) is 48.9 Å². The molecule has 0 saturated heterocycles. The van der Waals surface area contributed by atoms with E-state index in [0.29, 0.717) is 12.3 Å². The molecule has 0 bridgehead atoms. The number of amides is 2. The highest BCUT2D eigenvalue weighted by Crippen LogP contribution is 2.16. The summed E-state index contributed by atoms with van der Waals surface area (Å²) in [5, 5.41) is 2.97. The summed E-state index contributed by atoms with van der Waals surface area (Å²) in [5.41, 5.74) is 3.22. The van der Waals surface area contributed by atoms with Crippen molar-refractivity contribution in [2.24, 2.45) is 0 Å². The first-order valence-corrected chi connectivity index (χ1v) is 10.2. The van der Waals surface area contributed by atoms with Crippen molar-refractivity contribution >= 4 is 11.8 Å². The first-order chi connectivity index (χ1) is 13.8. The van der Waals surface area contributed by atoms with Crippen LogP contribution in [0.3, 0.4) is 0 Å². The summed E-state index contributed by atoms with van der Waals surface area (Å²) in [6.07, 6.45) is 0.834. The lowest BCUT2D eigenvalue weighted by Crippen LogP contribution is -2.50. The summed E-state index contributed by atoms with van der Waals surface area (Å²) in [6, 6.07) is 14.9. The van der Waals surface area contributed by atoms with Gasteiger partial charge in [0.2, 0.25) is 5.91 Å². The molecule has 0 aromatic heterocycles. The summed E-state index contributed by atoms with van der Waals surface area (Å²) in [5.74, 6) is 0.258. The van der Waals surface area contributed by atoms with E-state index in [4.69, 9.17) is 4.74 Å². The number of aryl methyl sites for hydroxylation is 2. The summed E-state index contributed by atoms with van der Waals surface area (Å²) in [7, 11) is 0. The van der Waals surface area contributed by atoms with Crippen molar-refractivity contribution in [1.29, 1.82) is 0 Å². The fourth-order valence-corrected chi connectivity index (χ4v) is 2.88. The van der Waals surface area contributed by atoms with Gasteiger partial charge < -0.3 is 15.0 Å². The van der Waals surface area contributed by atoms with Gasteiger partial charge in [-0.15, -0.1) is 0 Å². The standard InChI is InChI=1S/C24H32N2O3/c1-6-19(4)25-24(28)20(5)26(15-21-10-8-7-9-18(21)3)23(27)16-29-22-13-11-17(2)12-14-22/h7-14,19-20H,6,15-16H2,1-5H3,(H,25,28)/t19-,20+/m1/s1. The Morgan fingerprint density at radius 2 is 1.69 bits per heavy atom. The predicted molar refractivity (Wildman–Crippen MR) is 116 cm³/mol. The Balaban J connectivity index is 2.15. The van der Waals surface area contributed by atoms with E-state index in [2.05, 4.69) is 5.32 Å². The van der Waals surface area contributed by atoms with Crippen LogP contribution in [0.1, 0.15) is 43.9 Å². The Bertz CT molecular complexity index is 817. The Labute approximate surface area is 174 Å². The first-order valence-electron chi connectivity index (χ1n) is 10.2. The zero-order valence-corrected chi connectivity index (χ0v) is 18.1. The molecule has 156 valence electrons. The van der Waals surface area contributed by atoms with Crippen LogP contribution in [0, 0.1) is 13.8 Å². The maximum absolute atomic E-state index is 13.0. The van der Waals surface area contributed by atoms with Crippen LogP contribution in [0.4, 0.5) is 0 Å². The van der Waals surface area contributed by atoms with Crippen LogP contribution >= 0.6 is 0 Å². The molecule has 0 fully saturated rings. The molecule has 0 unspecified atom stereocenters. The molecule has 0 radical (unpaired) electrons. The number of hydrogen-bond donors (Lipinski definition) is 1. The highest BCUT2D eigenvalue weighted by Gasteiger charge is 2.27. The molecule has 29 heavy (non-hydrogen) atoms. The SMILES string of the molecule is CC[C@@H](C)NC(=O)[C@H](C)N(Cc1ccccc1C)C(=O)COc1ccc(C)cc1. The van der Waals surface area contributed by atoms with E-state index >= 15 is 0 Å². The lowest BCUT2D eigenvalue weighted by molar-refractivity contribution is -0.142. The second kappa shape index (κ2) is 10.6. The van der Waals surface area contributed by atoms with Gasteiger partial charge in [0.1, 0.15) is 11.8 Å². The molecule has 2 rings (SSSR count). The van der Waals surface area contributed by atoms with Crippen LogP contribution in [0.15, 0.2) is 48.5 Å². The molecule has 2 aromatic carbocycles. The third-order valence-electron chi connectivity index (χ3n) is 5.15. The lowest BCUT2D eigenvalue weighted by atomic mass is 10.1. The molecule has 0 spiro atoms. The predicted octanol–water partition coefficient (Wildman–Crippen LogP) is 4.01. The summed E-state index contributed by atoms with van der Waals surface area (Å²) >= 11 is 0. The summed E-state index contributed by atoms with van der Waals surface area (Å²) in [4.78, 5) is 27.3. The topological polar surface area (TPSA) is 58.6 Å². The lowest BCUT2D eigenvalue weighted by Gasteiger charge is -2.30. The van der Waals surface area contributed by atoms with E-state index in [1.807, 2.05) is 76.2 Å². The second-order valence-corrected chi connectivity index (χ2v) is 7.54. The average Bonchev–Trinajstić information content (AvgIpc) is 2.71. The van der Waals surface area contributed by atoms with Crippen LogP contribution < -0.4 is 10.1 Å². The molecule has 0 saturated carbocycles. The zero-order valence-electron chi connectivity index (χ0n) is 18.1. The van der Waals surface area contributed by atoms with Crippen molar-refractivity contribution in [2.75, 3.05) is 6.61 Å². The minimum Gasteiger partial charge on any atom is -0.484 e. The third-order valence-corrected chi connectivity index (χ3v) is 5.15. The smallest absolute Gasteiger partial charge is 0.261 e. The van der Waals surface area contributed by atoms with Gasteiger partial charge in [0.25, 0.3) is 5.91 Å². The molecule has 0 aliphatic heterocycles. The number of carbonyl (C=O) groups is 2. The molecule has 0 heterocycles. The highest BCUT2D eigenvalue weighted by atomic mass is 16.5. The van der Waals surface area contributed by atoms with Crippen molar-refractivity contribution in [1.82, 2.24) is 10.2 Å². The number of ether oxygens (including phenoxy) is 1. The Kier molecular flexibility index (Phi) is 8.25. The zero-order chi connectivity index (χ0) is 21.4. The Hall–Kier alpha value is -2.82. The van der Waals surface area contributed by atoms with Gasteiger partial charge in [-0.25, -0.2) is 0 Å². The second-order valence-electron chi connectivity index (χ2n) is 7.54. The number of rotatable bonds is 9. The quantitative estimate of drug-likeness (QED) is 0.697. The van der Waals surface area contributed by atoms with Crippen molar-refractivity contribution in [3.8, 4) is 5.75 Å². The molecule has 1 N–H and O–H groups in total. The van der Waals surface area contributed by atoms with E-state index in [-0.39, 0.29) is 24.5 Å². The van der Waals surface area contributed by atoms with Crippen molar-refractivity contribution in [3.05, 3.63) is 65.2 Å². The molecule has 0 aliphatic carbocycles. The van der Waals surface area contributed by atoms with Gasteiger partial charge >= 0.3 is 0 Å². The molecule has 5 nitrogen and oxygen atoms in total. The van der Waals surface area contributed by atoms with Crippen LogP contribution in [0.5, 0.6) is 5.75 Å². The summed E-state index contributed by atoms with van der Waals surface area (Å²) < 4.78 is 5.68. The fourth-order valence-electron chi connectivity index (χ4n) is 2.88. The van der Waals surface area contributed by atoms with E-state index in [9.17, 15) is 9.59 Å². The van der Waals surface area contributed by atoms with E-state index in [1.165, 1.54) is 0 Å². The van der Waals surface area contributed by atoms with Crippen LogP contribution in [0.25, 0.3) is 0 Å². The minimum absolute atomic E-state index is 0.0594. The van der Waals surface area contributed by atoms with Gasteiger partial charge in [-0.05, 0) is 57.4 Å². The van der Waals surface area contributed by atoms with Crippen molar-refractivity contribution in [3.63, 3.8) is 0 Å². The molecule has 2 atom stereocenters. The largest absolute Gasteiger partial charge is 0.484 e. The maximum Gasteiger partial charge on any atom is 0.261 e. The van der Waals surface area contributed by atoms with Crippen LogP contribution in [0.2, 0.25) is 0 Å². The van der Waals surface area contributed by atoms with Gasteiger partial charge in [0.05, 0.1) is 0 Å². The van der Waals surface area contributed by atoms with Gasteiger partial charge in [0.15, 0.2) is 6.61 Å². The van der Waals surface area contributed by atoms with Crippen LogP contribution in [-0.4, -0.2) is 35.4 Å². The van der Waals surface area contributed by atoms with E-state index in [1.54, 1.807) is 11.8 Å². The molecular formula is C24H32N2O3. The molecule has 2 aromatic rings. The van der Waals surface area contributed by atoms with Gasteiger partial charge in [-0.2, -0.15) is 0 Å². The van der Waals surface area contributed by atoms with E-state index in [0.717, 1.165) is 23.1 Å². The van der Waals surface area contributed by atoms with Crippen molar-refractivity contribution < 1.29 is 14.3 Å². The third kappa shape index (κ3) is 6.63. The Morgan fingerprint density at radius 3 is 2.31 bits per heavy atom. The normalized spacial score (nSPS) is 12.7. The molecular weight excluding hydrogens is 364 g/mol. The number of hydrogen-bond acceptors (Lipinski definition) is 3. The number of nitrogens with zero attached hydrogens (tertiary/aromatic N) is 1. The Morgan fingerprint density at radius 1 is 1.03 bits per heavy atom. The maximum atomic E-state index is 13.0. The average molecular weight is 397 g/mol. The highest BCUT2D eigenvalue weighted by molar-refractivity contribution is 5.88. The van der Waals surface area contributed by atoms with Gasteiger partial charge in [-0.3, -0.25) is 9.59 Å². The molecule has 0 aliphatic rings. The van der Waals surface area contributed by atoms with Crippen LogP contribution in [-0.2, 0) is 16.1 Å².